The molecule has 0 aliphatic heterocycles. The van der Waals surface area contributed by atoms with Gasteiger partial charge in [-0.1, -0.05) is 86.7 Å². The normalized spacial score (nSPS) is 11.9. The van der Waals surface area contributed by atoms with E-state index in [1.807, 2.05) is 62.4 Å². The van der Waals surface area contributed by atoms with Gasteiger partial charge in [-0.3, -0.25) is 4.79 Å². The molecule has 0 saturated carbocycles. The van der Waals surface area contributed by atoms with Crippen molar-refractivity contribution in [3.8, 4) is 0 Å². The van der Waals surface area contributed by atoms with Crippen LogP contribution in [0.2, 0.25) is 0 Å². The van der Waals surface area contributed by atoms with E-state index in [4.69, 9.17) is 0 Å². The van der Waals surface area contributed by atoms with E-state index >= 15 is 0 Å². The molecule has 0 aliphatic rings. The van der Waals surface area contributed by atoms with Crippen molar-refractivity contribution in [2.24, 2.45) is 5.92 Å². The van der Waals surface area contributed by atoms with Crippen molar-refractivity contribution in [2.75, 3.05) is 0 Å². The molecule has 1 N–H and O–H groups in total. The molecule has 0 unspecified atom stereocenters. The molecule has 0 aliphatic carbocycles. The number of benzene rings is 2. The molecule has 0 aromatic heterocycles. The molecule has 2 aromatic rings. The molecule has 0 bridgehead atoms. The molecule has 2 aromatic carbocycles. The molecular formula is C22H25NO. The van der Waals surface area contributed by atoms with Crippen LogP contribution >= 0.6 is 0 Å². The second kappa shape index (κ2) is 9.51. The molecule has 2 nitrogen and oxygen atoms in total. The zero-order valence-corrected chi connectivity index (χ0v) is 14.4. The topological polar surface area (TPSA) is 29.1 Å². The standard InChI is InChI=1S/C22H25NO/c1-18(2)22(24)23-21(17-20-14-7-4-8-15-20)16-10-9-13-19-11-5-3-6-12-19/h3-12,14-16,18H,13,17H2,1-2H3,(H,23,24). The third kappa shape index (κ3) is 6.25. The second-order valence-electron chi connectivity index (χ2n) is 6.12. The average Bonchev–Trinajstić information content (AvgIpc) is 2.60. The summed E-state index contributed by atoms with van der Waals surface area (Å²) in [6.07, 6.45) is 7.73. The summed E-state index contributed by atoms with van der Waals surface area (Å²) in [5, 5.41) is 3.03. The summed E-state index contributed by atoms with van der Waals surface area (Å²) in [6, 6.07) is 20.5. The number of rotatable bonds is 7. The number of nitrogens with one attached hydrogen (secondary N) is 1. The molecule has 0 fully saturated rings. The van der Waals surface area contributed by atoms with Crippen molar-refractivity contribution in [1.29, 1.82) is 0 Å². The van der Waals surface area contributed by atoms with E-state index in [0.29, 0.717) is 0 Å². The average molecular weight is 319 g/mol. The number of allylic oxidation sites excluding steroid dienone is 4. The molecular weight excluding hydrogens is 294 g/mol. The van der Waals surface area contributed by atoms with E-state index in [2.05, 4.69) is 35.7 Å². The van der Waals surface area contributed by atoms with E-state index in [1.165, 1.54) is 11.1 Å². The first-order valence-electron chi connectivity index (χ1n) is 8.39. The van der Waals surface area contributed by atoms with Crippen LogP contribution < -0.4 is 5.32 Å². The predicted octanol–water partition coefficient (Wildman–Crippen LogP) is 4.68. The molecule has 0 atom stereocenters. The monoisotopic (exact) mass is 319 g/mol. The van der Waals surface area contributed by atoms with E-state index in [9.17, 15) is 4.79 Å². The highest BCUT2D eigenvalue weighted by Crippen LogP contribution is 2.08. The molecule has 0 saturated heterocycles. The van der Waals surface area contributed by atoms with Gasteiger partial charge < -0.3 is 5.32 Å². The summed E-state index contributed by atoms with van der Waals surface area (Å²) in [6.45, 7) is 3.81. The number of hydrogen-bond donors (Lipinski definition) is 1. The summed E-state index contributed by atoms with van der Waals surface area (Å²) in [5.74, 6) is 0.0195. The smallest absolute Gasteiger partial charge is 0.226 e. The Bertz CT molecular complexity index is 684. The van der Waals surface area contributed by atoms with Gasteiger partial charge in [-0.25, -0.2) is 0 Å². The third-order valence-corrected chi connectivity index (χ3v) is 3.68. The molecule has 0 spiro atoms. The number of amides is 1. The van der Waals surface area contributed by atoms with Gasteiger partial charge in [0, 0.05) is 18.0 Å². The maximum Gasteiger partial charge on any atom is 0.226 e. The molecule has 0 radical (unpaired) electrons. The zero-order chi connectivity index (χ0) is 17.2. The number of carbonyl (C=O) groups excluding carboxylic acids is 1. The quantitative estimate of drug-likeness (QED) is 0.737. The highest BCUT2D eigenvalue weighted by molar-refractivity contribution is 5.79. The first-order valence-corrected chi connectivity index (χ1v) is 8.39. The van der Waals surface area contributed by atoms with Crippen molar-refractivity contribution in [2.45, 2.75) is 26.7 Å². The SMILES string of the molecule is CC(C)C(=O)NC(=CC=CCc1ccccc1)Cc1ccccc1. The van der Waals surface area contributed by atoms with Crippen LogP contribution in [-0.4, -0.2) is 5.91 Å². The van der Waals surface area contributed by atoms with Crippen LogP contribution in [0.5, 0.6) is 0 Å². The first-order chi connectivity index (χ1) is 11.6. The summed E-state index contributed by atoms with van der Waals surface area (Å²) in [4.78, 5) is 12.0. The van der Waals surface area contributed by atoms with E-state index in [0.717, 1.165) is 18.5 Å². The Balaban J connectivity index is 2.04. The summed E-state index contributed by atoms with van der Waals surface area (Å²) < 4.78 is 0. The van der Waals surface area contributed by atoms with Crippen molar-refractivity contribution in [3.05, 3.63) is 95.7 Å². The Morgan fingerprint density at radius 1 is 0.958 bits per heavy atom. The van der Waals surface area contributed by atoms with E-state index in [-0.39, 0.29) is 11.8 Å². The minimum absolute atomic E-state index is 0.0301. The van der Waals surface area contributed by atoms with Gasteiger partial charge in [-0.05, 0) is 23.6 Å². The Hall–Kier alpha value is -2.61. The fourth-order valence-electron chi connectivity index (χ4n) is 2.27. The van der Waals surface area contributed by atoms with Gasteiger partial charge in [0.2, 0.25) is 5.91 Å². The van der Waals surface area contributed by atoms with Crippen molar-refractivity contribution in [1.82, 2.24) is 5.32 Å². The Kier molecular flexibility index (Phi) is 7.03. The minimum atomic E-state index is -0.0301. The largest absolute Gasteiger partial charge is 0.329 e. The van der Waals surface area contributed by atoms with Crippen LogP contribution in [0.25, 0.3) is 0 Å². The van der Waals surface area contributed by atoms with Crippen LogP contribution in [0.1, 0.15) is 25.0 Å². The van der Waals surface area contributed by atoms with Gasteiger partial charge in [0.25, 0.3) is 0 Å². The van der Waals surface area contributed by atoms with Gasteiger partial charge in [0.1, 0.15) is 0 Å². The van der Waals surface area contributed by atoms with Crippen LogP contribution in [0.4, 0.5) is 0 Å². The lowest BCUT2D eigenvalue weighted by Crippen LogP contribution is -2.28. The minimum Gasteiger partial charge on any atom is -0.329 e. The van der Waals surface area contributed by atoms with E-state index in [1.54, 1.807) is 0 Å². The first kappa shape index (κ1) is 17.7. The van der Waals surface area contributed by atoms with Gasteiger partial charge in [0.15, 0.2) is 0 Å². The molecule has 0 heterocycles. The van der Waals surface area contributed by atoms with Gasteiger partial charge in [-0.2, -0.15) is 0 Å². The maximum atomic E-state index is 12.0. The van der Waals surface area contributed by atoms with Gasteiger partial charge in [-0.15, -0.1) is 0 Å². The lowest BCUT2D eigenvalue weighted by atomic mass is 10.1. The maximum absolute atomic E-state index is 12.0. The van der Waals surface area contributed by atoms with Crippen LogP contribution in [0, 0.1) is 5.92 Å². The number of carbonyl (C=O) groups is 1. The highest BCUT2D eigenvalue weighted by atomic mass is 16.1. The highest BCUT2D eigenvalue weighted by Gasteiger charge is 2.08. The lowest BCUT2D eigenvalue weighted by Gasteiger charge is -2.11. The lowest BCUT2D eigenvalue weighted by molar-refractivity contribution is -0.123. The van der Waals surface area contributed by atoms with Crippen LogP contribution in [0.15, 0.2) is 84.6 Å². The van der Waals surface area contributed by atoms with E-state index < -0.39 is 0 Å². The second-order valence-corrected chi connectivity index (χ2v) is 6.12. The summed E-state index contributed by atoms with van der Waals surface area (Å²) in [7, 11) is 0. The molecule has 124 valence electrons. The Morgan fingerprint density at radius 3 is 2.12 bits per heavy atom. The predicted molar refractivity (Wildman–Crippen MR) is 100 cm³/mol. The van der Waals surface area contributed by atoms with Gasteiger partial charge >= 0.3 is 0 Å². The van der Waals surface area contributed by atoms with Crippen LogP contribution in [-0.2, 0) is 17.6 Å². The molecule has 1 amide bonds. The zero-order valence-electron chi connectivity index (χ0n) is 14.4. The Morgan fingerprint density at radius 2 is 1.54 bits per heavy atom. The molecule has 24 heavy (non-hydrogen) atoms. The summed E-state index contributed by atoms with van der Waals surface area (Å²) in [5.41, 5.74) is 3.38. The van der Waals surface area contributed by atoms with Gasteiger partial charge in [0.05, 0.1) is 0 Å². The van der Waals surface area contributed by atoms with Crippen LogP contribution in [0.3, 0.4) is 0 Å². The summed E-state index contributed by atoms with van der Waals surface area (Å²) >= 11 is 0. The molecule has 2 rings (SSSR count). The van der Waals surface area contributed by atoms with Crippen molar-refractivity contribution in [3.63, 3.8) is 0 Å². The van der Waals surface area contributed by atoms with Crippen molar-refractivity contribution < 1.29 is 4.79 Å². The van der Waals surface area contributed by atoms with Crippen molar-refractivity contribution >= 4 is 5.91 Å². The molecule has 2 heteroatoms. The Labute approximate surface area is 144 Å². The third-order valence-electron chi connectivity index (χ3n) is 3.68. The number of hydrogen-bond acceptors (Lipinski definition) is 1. The fraction of sp³-hybridized carbons (Fsp3) is 0.227. The fourth-order valence-corrected chi connectivity index (χ4v) is 2.27.